The maximum Gasteiger partial charge on any atom is 0.322 e. The summed E-state index contributed by atoms with van der Waals surface area (Å²) in [6, 6.07) is 17.5. The summed E-state index contributed by atoms with van der Waals surface area (Å²) in [6.45, 7) is 1.83. The summed E-state index contributed by atoms with van der Waals surface area (Å²) in [5.41, 5.74) is 2.96. The molecule has 0 radical (unpaired) electrons. The summed E-state index contributed by atoms with van der Waals surface area (Å²) in [6.07, 6.45) is 1.80. The van der Waals surface area contributed by atoms with E-state index in [-0.39, 0.29) is 18.7 Å². The van der Waals surface area contributed by atoms with Crippen molar-refractivity contribution in [1.82, 2.24) is 4.90 Å². The zero-order valence-corrected chi connectivity index (χ0v) is 14.2. The Bertz CT molecular complexity index is 673. The molecule has 1 atom stereocenters. The van der Waals surface area contributed by atoms with E-state index in [0.29, 0.717) is 19.8 Å². The minimum Gasteiger partial charge on any atom is -0.394 e. The molecule has 0 saturated carbocycles. The fourth-order valence-electron chi connectivity index (χ4n) is 3.03. The van der Waals surface area contributed by atoms with Crippen LogP contribution in [0, 0.1) is 0 Å². The van der Waals surface area contributed by atoms with Crippen LogP contribution in [0.25, 0.3) is 0 Å². The van der Waals surface area contributed by atoms with Crippen molar-refractivity contribution in [3.8, 4) is 0 Å². The average molecular weight is 340 g/mol. The first-order valence-corrected chi connectivity index (χ1v) is 8.65. The van der Waals surface area contributed by atoms with Crippen LogP contribution in [-0.4, -0.2) is 35.2 Å². The van der Waals surface area contributed by atoms with Crippen molar-refractivity contribution in [3.05, 3.63) is 65.7 Å². The first kappa shape index (κ1) is 17.5. The number of carbonyl (C=O) groups excluding carboxylic acids is 1. The minimum atomic E-state index is -0.148. The quantitative estimate of drug-likeness (QED) is 0.847. The van der Waals surface area contributed by atoms with Gasteiger partial charge in [-0.25, -0.2) is 4.79 Å². The number of amides is 2. The highest BCUT2D eigenvalue weighted by Crippen LogP contribution is 2.19. The van der Waals surface area contributed by atoms with E-state index < -0.39 is 0 Å². The molecule has 0 aromatic heterocycles. The van der Waals surface area contributed by atoms with Gasteiger partial charge < -0.3 is 20.1 Å². The second-order valence-corrected chi connectivity index (χ2v) is 6.28. The molecule has 3 rings (SSSR count). The Morgan fingerprint density at radius 2 is 1.76 bits per heavy atom. The normalized spacial score (nSPS) is 16.8. The van der Waals surface area contributed by atoms with Gasteiger partial charge in [-0.2, -0.15) is 0 Å². The third-order valence-corrected chi connectivity index (χ3v) is 4.43. The fourth-order valence-corrected chi connectivity index (χ4v) is 3.03. The van der Waals surface area contributed by atoms with Crippen molar-refractivity contribution in [3.63, 3.8) is 0 Å². The number of hydrogen-bond donors (Lipinski definition) is 2. The maximum atomic E-state index is 12.3. The number of benzene rings is 2. The molecule has 2 aromatic carbocycles. The van der Waals surface area contributed by atoms with Gasteiger partial charge in [0.05, 0.1) is 25.9 Å². The van der Waals surface area contributed by atoms with E-state index in [0.717, 1.165) is 29.7 Å². The van der Waals surface area contributed by atoms with E-state index in [1.807, 2.05) is 54.6 Å². The van der Waals surface area contributed by atoms with Crippen LogP contribution in [0.3, 0.4) is 0 Å². The van der Waals surface area contributed by atoms with Crippen LogP contribution in [0.5, 0.6) is 0 Å². The van der Waals surface area contributed by atoms with Gasteiger partial charge in [0.25, 0.3) is 0 Å². The monoisotopic (exact) mass is 340 g/mol. The molecule has 1 unspecified atom stereocenters. The number of hydrogen-bond acceptors (Lipinski definition) is 3. The Morgan fingerprint density at radius 1 is 1.08 bits per heavy atom. The molecule has 1 aliphatic rings. The van der Waals surface area contributed by atoms with Crippen LogP contribution in [0.1, 0.15) is 24.0 Å². The lowest BCUT2D eigenvalue weighted by molar-refractivity contribution is 0.107. The van der Waals surface area contributed by atoms with E-state index in [1.54, 1.807) is 4.90 Å². The zero-order valence-electron chi connectivity index (χ0n) is 14.2. The van der Waals surface area contributed by atoms with Gasteiger partial charge >= 0.3 is 6.03 Å². The molecular weight excluding hydrogens is 316 g/mol. The number of aliphatic hydroxyl groups is 1. The molecular formula is C20H24N2O3. The van der Waals surface area contributed by atoms with Gasteiger partial charge in [-0.3, -0.25) is 0 Å². The molecule has 1 aliphatic heterocycles. The largest absolute Gasteiger partial charge is 0.394 e. The number of aliphatic hydroxyl groups excluding tert-OH is 1. The molecule has 132 valence electrons. The number of anilines is 1. The van der Waals surface area contributed by atoms with Gasteiger partial charge in [0.2, 0.25) is 0 Å². The molecule has 0 spiro atoms. The van der Waals surface area contributed by atoms with E-state index in [4.69, 9.17) is 4.74 Å². The second-order valence-electron chi connectivity index (χ2n) is 6.28. The highest BCUT2D eigenvalue weighted by atomic mass is 16.5. The van der Waals surface area contributed by atoms with Crippen LogP contribution in [0.4, 0.5) is 10.5 Å². The molecule has 0 aliphatic carbocycles. The summed E-state index contributed by atoms with van der Waals surface area (Å²) in [5, 5.41) is 12.2. The highest BCUT2D eigenvalue weighted by Gasteiger charge is 2.27. The molecule has 0 bridgehead atoms. The summed E-state index contributed by atoms with van der Waals surface area (Å²) in [7, 11) is 0. The zero-order chi connectivity index (χ0) is 17.5. The third-order valence-electron chi connectivity index (χ3n) is 4.43. The Morgan fingerprint density at radius 3 is 2.44 bits per heavy atom. The number of urea groups is 1. The van der Waals surface area contributed by atoms with Gasteiger partial charge in [-0.05, 0) is 36.1 Å². The highest BCUT2D eigenvalue weighted by molar-refractivity contribution is 5.89. The van der Waals surface area contributed by atoms with Crippen LogP contribution in [0.15, 0.2) is 54.6 Å². The Labute approximate surface area is 148 Å². The third kappa shape index (κ3) is 4.81. The van der Waals surface area contributed by atoms with Crippen molar-refractivity contribution in [1.29, 1.82) is 0 Å². The van der Waals surface area contributed by atoms with Crippen molar-refractivity contribution >= 4 is 11.7 Å². The van der Waals surface area contributed by atoms with E-state index in [1.165, 1.54) is 0 Å². The number of nitrogens with one attached hydrogen (secondary N) is 1. The standard InChI is InChI=1S/C20H24N2O3/c23-13-19-7-4-12-22(19)20(24)21-18-10-8-17(9-11-18)15-25-14-16-5-2-1-3-6-16/h1-3,5-6,8-11,19,23H,4,7,12-15H2,(H,21,24). The van der Waals surface area contributed by atoms with Crippen LogP contribution >= 0.6 is 0 Å². The molecule has 2 amide bonds. The predicted octanol–water partition coefficient (Wildman–Crippen LogP) is 3.39. The molecule has 5 nitrogen and oxygen atoms in total. The summed E-state index contributed by atoms with van der Waals surface area (Å²) in [4.78, 5) is 14.0. The summed E-state index contributed by atoms with van der Waals surface area (Å²) in [5.74, 6) is 0. The molecule has 1 fully saturated rings. The maximum absolute atomic E-state index is 12.3. The minimum absolute atomic E-state index is 0.0190. The van der Waals surface area contributed by atoms with Crippen molar-refractivity contribution in [2.24, 2.45) is 0 Å². The predicted molar refractivity (Wildman–Crippen MR) is 97.2 cm³/mol. The molecule has 2 N–H and O–H groups in total. The lowest BCUT2D eigenvalue weighted by Gasteiger charge is -2.23. The Hall–Kier alpha value is -2.37. The lowest BCUT2D eigenvalue weighted by atomic mass is 10.2. The molecule has 1 saturated heterocycles. The van der Waals surface area contributed by atoms with Crippen LogP contribution in [0.2, 0.25) is 0 Å². The SMILES string of the molecule is O=C(Nc1ccc(COCc2ccccc2)cc1)N1CCCC1CO. The van der Waals surface area contributed by atoms with Crippen molar-refractivity contribution in [2.45, 2.75) is 32.1 Å². The van der Waals surface area contributed by atoms with Gasteiger partial charge in [0, 0.05) is 12.2 Å². The number of rotatable bonds is 6. The average Bonchev–Trinajstić information content (AvgIpc) is 3.13. The van der Waals surface area contributed by atoms with Crippen molar-refractivity contribution in [2.75, 3.05) is 18.5 Å². The molecule has 5 heteroatoms. The van der Waals surface area contributed by atoms with Gasteiger partial charge in [0.1, 0.15) is 0 Å². The number of carbonyl (C=O) groups is 1. The number of ether oxygens (including phenoxy) is 1. The first-order valence-electron chi connectivity index (χ1n) is 8.65. The van der Waals surface area contributed by atoms with Gasteiger partial charge in [0.15, 0.2) is 0 Å². The van der Waals surface area contributed by atoms with E-state index in [2.05, 4.69) is 5.32 Å². The molecule has 1 heterocycles. The number of likely N-dealkylation sites (tertiary alicyclic amines) is 1. The molecule has 25 heavy (non-hydrogen) atoms. The second kappa shape index (κ2) is 8.65. The smallest absolute Gasteiger partial charge is 0.322 e. The Balaban J connectivity index is 1.47. The van der Waals surface area contributed by atoms with Gasteiger partial charge in [-0.1, -0.05) is 42.5 Å². The summed E-state index contributed by atoms with van der Waals surface area (Å²) >= 11 is 0. The van der Waals surface area contributed by atoms with E-state index in [9.17, 15) is 9.90 Å². The van der Waals surface area contributed by atoms with Crippen LogP contribution in [-0.2, 0) is 18.0 Å². The lowest BCUT2D eigenvalue weighted by Crippen LogP contribution is -2.40. The Kier molecular flexibility index (Phi) is 6.04. The fraction of sp³-hybridized carbons (Fsp3) is 0.350. The first-order chi connectivity index (χ1) is 12.3. The molecule has 2 aromatic rings. The van der Waals surface area contributed by atoms with Crippen LogP contribution < -0.4 is 5.32 Å². The number of nitrogens with zero attached hydrogens (tertiary/aromatic N) is 1. The van der Waals surface area contributed by atoms with Crippen molar-refractivity contribution < 1.29 is 14.6 Å². The topological polar surface area (TPSA) is 61.8 Å². The van der Waals surface area contributed by atoms with Gasteiger partial charge in [-0.15, -0.1) is 0 Å². The summed E-state index contributed by atoms with van der Waals surface area (Å²) < 4.78 is 5.71. The van der Waals surface area contributed by atoms with E-state index >= 15 is 0 Å².